The van der Waals surface area contributed by atoms with Gasteiger partial charge in [-0.05, 0) is 74.6 Å². The Morgan fingerprint density at radius 3 is 2.33 bits per heavy atom. The van der Waals surface area contributed by atoms with Gasteiger partial charge in [-0.1, -0.05) is 47.5 Å². The van der Waals surface area contributed by atoms with Crippen molar-refractivity contribution in [2.45, 2.75) is 57.6 Å². The highest BCUT2D eigenvalue weighted by molar-refractivity contribution is 6.30. The first-order valence-corrected chi connectivity index (χ1v) is 14.2. The summed E-state index contributed by atoms with van der Waals surface area (Å²) >= 11 is 5.61. The van der Waals surface area contributed by atoms with E-state index in [4.69, 9.17) is 16.3 Å². The van der Waals surface area contributed by atoms with Crippen molar-refractivity contribution in [2.75, 3.05) is 33.2 Å². The lowest BCUT2D eigenvalue weighted by atomic mass is 9.97. The van der Waals surface area contributed by atoms with Gasteiger partial charge in [-0.25, -0.2) is 0 Å². The van der Waals surface area contributed by atoms with Crippen molar-refractivity contribution < 1.29 is 19.1 Å². The van der Waals surface area contributed by atoms with Gasteiger partial charge in [0, 0.05) is 25.2 Å². The summed E-state index contributed by atoms with van der Waals surface area (Å²) in [5.74, 6) is 0.624. The Kier molecular flexibility index (Phi) is 10.2. The molecule has 2 aromatic carbocycles. The van der Waals surface area contributed by atoms with E-state index < -0.39 is 0 Å². The molecule has 2 bridgehead atoms. The zero-order chi connectivity index (χ0) is 27.8. The summed E-state index contributed by atoms with van der Waals surface area (Å²) in [6, 6.07) is 13.7. The normalized spacial score (nSPS) is 22.7. The molecule has 2 unspecified atom stereocenters. The molecule has 3 N–H and O–H groups in total. The van der Waals surface area contributed by atoms with Gasteiger partial charge in [0.2, 0.25) is 17.7 Å². The van der Waals surface area contributed by atoms with Gasteiger partial charge in [-0.2, -0.15) is 0 Å². The number of halogens is 1. The lowest BCUT2D eigenvalue weighted by molar-refractivity contribution is -0.137. The van der Waals surface area contributed by atoms with Crippen LogP contribution < -0.4 is 20.7 Å². The Hall–Kier alpha value is -3.10. The van der Waals surface area contributed by atoms with Crippen molar-refractivity contribution >= 4 is 29.3 Å². The molecule has 5 rings (SSSR count). The first-order chi connectivity index (χ1) is 18.8. The molecule has 39 heavy (non-hydrogen) atoms. The van der Waals surface area contributed by atoms with Crippen LogP contribution in [0.5, 0.6) is 5.75 Å². The second-order valence-electron chi connectivity index (χ2n) is 10.6. The molecule has 0 aromatic heterocycles. The maximum atomic E-state index is 13.0. The Bertz CT molecular complexity index is 1130. The second kappa shape index (κ2) is 13.8. The van der Waals surface area contributed by atoms with Crippen molar-refractivity contribution in [1.82, 2.24) is 20.9 Å². The first kappa shape index (κ1) is 28.9. The lowest BCUT2D eigenvalue weighted by Crippen LogP contribution is -2.51. The van der Waals surface area contributed by atoms with E-state index in [0.717, 1.165) is 54.9 Å². The third-order valence-electron chi connectivity index (χ3n) is 7.28. The van der Waals surface area contributed by atoms with Crippen molar-refractivity contribution in [2.24, 2.45) is 5.92 Å². The van der Waals surface area contributed by atoms with E-state index in [9.17, 15) is 14.4 Å². The maximum absolute atomic E-state index is 13.0. The summed E-state index contributed by atoms with van der Waals surface area (Å²) in [5.41, 5.74) is 3.62. The van der Waals surface area contributed by atoms with Crippen LogP contribution in [0.2, 0.25) is 5.02 Å². The largest absolute Gasteiger partial charge is 0.489 e. The van der Waals surface area contributed by atoms with Crippen LogP contribution in [0, 0.1) is 12.8 Å². The topological polar surface area (TPSA) is 99.8 Å². The maximum Gasteiger partial charge on any atom is 0.240 e. The quantitative estimate of drug-likeness (QED) is 0.503. The van der Waals surface area contributed by atoms with Crippen LogP contribution >= 0.6 is 11.6 Å². The summed E-state index contributed by atoms with van der Waals surface area (Å²) in [5, 5.41) is 9.68. The Balaban J connectivity index is 0.000000379. The van der Waals surface area contributed by atoms with Crippen molar-refractivity contribution in [1.29, 1.82) is 0 Å². The monoisotopic (exact) mass is 554 g/mol. The van der Waals surface area contributed by atoms with Crippen LogP contribution in [0.4, 0.5) is 0 Å². The standard InChI is InChI=1S/C23H32N4O4.C7H7Cl/c1-27-14-20(29)25-13-19(28)24-11-3-6-16-4-2-5-17-9-10-18(31-22(16)17)12-26-21(23(27)30)15-7-8-15;1-6-2-4-7(8)5-3-6/h2,4-5,15,18,21,26H,3,6-14H2,1H3,(H,24,28)(H,25,29);2-5H,1H3. The molecule has 210 valence electrons. The molecule has 3 aliphatic rings. The first-order valence-electron chi connectivity index (χ1n) is 13.8. The number of hydrogen-bond donors (Lipinski definition) is 3. The fraction of sp³-hybridized carbons (Fsp3) is 0.500. The number of carbonyl (C=O) groups is 3. The fourth-order valence-electron chi connectivity index (χ4n) is 4.88. The van der Waals surface area contributed by atoms with Crippen LogP contribution in [0.15, 0.2) is 42.5 Å². The Labute approximate surface area is 235 Å². The van der Waals surface area contributed by atoms with Crippen LogP contribution in [0.1, 0.15) is 42.4 Å². The number of carbonyl (C=O) groups excluding carboxylic acids is 3. The van der Waals surface area contributed by atoms with Crippen LogP contribution in [-0.2, 0) is 27.2 Å². The summed E-state index contributed by atoms with van der Waals surface area (Å²) in [4.78, 5) is 38.7. The molecule has 9 heteroatoms. The van der Waals surface area contributed by atoms with Crippen molar-refractivity contribution in [3.8, 4) is 5.75 Å². The number of nitrogens with one attached hydrogen (secondary N) is 3. The van der Waals surface area contributed by atoms with Gasteiger partial charge in [0.05, 0.1) is 19.1 Å². The van der Waals surface area contributed by atoms with E-state index in [2.05, 4.69) is 34.1 Å². The van der Waals surface area contributed by atoms with Crippen LogP contribution in [-0.4, -0.2) is 68.0 Å². The van der Waals surface area contributed by atoms with E-state index in [0.29, 0.717) is 19.0 Å². The van der Waals surface area contributed by atoms with E-state index in [-0.39, 0.29) is 43.0 Å². The average Bonchev–Trinajstić information content (AvgIpc) is 3.77. The number of aryl methyl sites for hydroxylation is 3. The number of fused-ring (bicyclic) bond motifs is 1. The highest BCUT2D eigenvalue weighted by Crippen LogP contribution is 2.35. The molecule has 2 atom stereocenters. The Morgan fingerprint density at radius 1 is 0.923 bits per heavy atom. The third-order valence-corrected chi connectivity index (χ3v) is 7.53. The third kappa shape index (κ3) is 8.70. The van der Waals surface area contributed by atoms with Gasteiger partial charge in [-0.15, -0.1) is 0 Å². The van der Waals surface area contributed by atoms with Gasteiger partial charge >= 0.3 is 0 Å². The molecule has 1 saturated carbocycles. The fourth-order valence-corrected chi connectivity index (χ4v) is 5.01. The van der Waals surface area contributed by atoms with Crippen molar-refractivity contribution in [3.63, 3.8) is 0 Å². The van der Waals surface area contributed by atoms with E-state index in [1.165, 1.54) is 16.0 Å². The van der Waals surface area contributed by atoms with Gasteiger partial charge in [-0.3, -0.25) is 14.4 Å². The summed E-state index contributed by atoms with van der Waals surface area (Å²) in [6.07, 6.45) is 5.50. The Morgan fingerprint density at radius 2 is 1.64 bits per heavy atom. The minimum Gasteiger partial charge on any atom is -0.489 e. The molecule has 3 amide bonds. The summed E-state index contributed by atoms with van der Waals surface area (Å²) < 4.78 is 6.37. The van der Waals surface area contributed by atoms with Gasteiger partial charge in [0.25, 0.3) is 0 Å². The molecule has 1 aliphatic carbocycles. The predicted molar refractivity (Wildman–Crippen MR) is 152 cm³/mol. The highest BCUT2D eigenvalue weighted by atomic mass is 35.5. The zero-order valence-electron chi connectivity index (χ0n) is 22.8. The second-order valence-corrected chi connectivity index (χ2v) is 11.1. The predicted octanol–water partition coefficient (Wildman–Crippen LogP) is 3.03. The minimum absolute atomic E-state index is 0.00916. The number of likely N-dealkylation sites (N-methyl/N-ethyl adjacent to an activating group) is 1. The number of benzene rings is 2. The van der Waals surface area contributed by atoms with Crippen LogP contribution in [0.25, 0.3) is 0 Å². The van der Waals surface area contributed by atoms with Gasteiger partial charge in [0.15, 0.2) is 0 Å². The number of hydrogen-bond acceptors (Lipinski definition) is 5. The number of rotatable bonds is 1. The molecule has 0 spiro atoms. The molecular formula is C30H39ClN4O4. The van der Waals surface area contributed by atoms with Crippen LogP contribution in [0.3, 0.4) is 0 Å². The molecule has 0 saturated heterocycles. The number of para-hydroxylation sites is 1. The smallest absolute Gasteiger partial charge is 0.240 e. The summed E-state index contributed by atoms with van der Waals surface area (Å²) in [7, 11) is 1.64. The van der Waals surface area contributed by atoms with Gasteiger partial charge in [0.1, 0.15) is 11.9 Å². The zero-order valence-corrected chi connectivity index (χ0v) is 23.6. The van der Waals surface area contributed by atoms with Crippen molar-refractivity contribution in [3.05, 3.63) is 64.2 Å². The SMILES string of the molecule is CN1CC(=O)NCC(=O)NCCCc2cccc3c2OC(CC3)CNC(C2CC2)C1=O.Cc1ccc(Cl)cc1. The van der Waals surface area contributed by atoms with Gasteiger partial charge < -0.3 is 25.6 Å². The highest BCUT2D eigenvalue weighted by Gasteiger charge is 2.38. The molecule has 2 aliphatic heterocycles. The molecule has 2 heterocycles. The lowest BCUT2D eigenvalue weighted by Gasteiger charge is -2.30. The number of ether oxygens (including phenoxy) is 1. The average molecular weight is 555 g/mol. The summed E-state index contributed by atoms with van der Waals surface area (Å²) in [6.45, 7) is 3.03. The van der Waals surface area contributed by atoms with E-state index in [1.54, 1.807) is 7.05 Å². The number of nitrogens with zero attached hydrogens (tertiary/aromatic N) is 1. The molecule has 1 fully saturated rings. The molecule has 0 radical (unpaired) electrons. The number of amides is 3. The van der Waals surface area contributed by atoms with E-state index in [1.807, 2.05) is 31.2 Å². The molecular weight excluding hydrogens is 516 g/mol. The molecule has 2 aromatic rings. The molecule has 8 nitrogen and oxygen atoms in total. The van der Waals surface area contributed by atoms with E-state index >= 15 is 0 Å². The minimum atomic E-state index is -0.335.